The van der Waals surface area contributed by atoms with Crippen LogP contribution in [-0.4, -0.2) is 23.9 Å². The number of rotatable bonds is 4. The van der Waals surface area contributed by atoms with Crippen LogP contribution in [0, 0.1) is 0 Å². The first-order valence-corrected chi connectivity index (χ1v) is 15.6. The highest BCUT2D eigenvalue weighted by atomic mass is 16.3. The Bertz CT molecular complexity index is 2730. The minimum Gasteiger partial charge on any atom is -0.455 e. The van der Waals surface area contributed by atoms with Gasteiger partial charge in [-0.25, -0.2) is 15.0 Å². The molecule has 4 aromatic heterocycles. The van der Waals surface area contributed by atoms with Crippen LogP contribution < -0.4 is 0 Å². The van der Waals surface area contributed by atoms with E-state index in [1.807, 2.05) is 60.7 Å². The highest BCUT2D eigenvalue weighted by Gasteiger charge is 2.22. The Morgan fingerprint density at radius 1 is 0.511 bits per heavy atom. The molecule has 0 fully saturated rings. The SMILES string of the molecule is c1ccc(-c2cc(-c3ccccc3)nc(-c3cccc4c3oc3cccc(-n5c6ccccc6n6c7ccccc7nc56)c34)n2)cc1. The van der Waals surface area contributed by atoms with E-state index in [0.717, 1.165) is 83.5 Å². The molecule has 0 atom stereocenters. The molecule has 220 valence electrons. The molecular formula is C41H25N5O. The van der Waals surface area contributed by atoms with Gasteiger partial charge in [-0.15, -0.1) is 0 Å². The molecule has 0 aliphatic carbocycles. The zero-order valence-electron chi connectivity index (χ0n) is 25.1. The van der Waals surface area contributed by atoms with Gasteiger partial charge in [-0.1, -0.05) is 103 Å². The van der Waals surface area contributed by atoms with Gasteiger partial charge < -0.3 is 4.42 Å². The number of fused-ring (bicyclic) bond motifs is 8. The summed E-state index contributed by atoms with van der Waals surface area (Å²) in [6.45, 7) is 0. The van der Waals surface area contributed by atoms with Crippen molar-refractivity contribution in [2.75, 3.05) is 0 Å². The number of benzene rings is 6. The van der Waals surface area contributed by atoms with E-state index in [1.54, 1.807) is 0 Å². The molecule has 0 aliphatic heterocycles. The van der Waals surface area contributed by atoms with Gasteiger partial charge in [-0.3, -0.25) is 8.97 Å². The molecule has 0 radical (unpaired) electrons. The Labute approximate surface area is 268 Å². The average Bonchev–Trinajstić information content (AvgIpc) is 3.81. The third-order valence-corrected chi connectivity index (χ3v) is 8.95. The minimum absolute atomic E-state index is 0.615. The van der Waals surface area contributed by atoms with Gasteiger partial charge in [0.15, 0.2) is 5.82 Å². The Balaban J connectivity index is 1.25. The fourth-order valence-electron chi connectivity index (χ4n) is 6.86. The van der Waals surface area contributed by atoms with Crippen molar-refractivity contribution in [3.05, 3.63) is 152 Å². The number of para-hydroxylation sites is 5. The third kappa shape index (κ3) is 3.88. The van der Waals surface area contributed by atoms with Gasteiger partial charge >= 0.3 is 0 Å². The van der Waals surface area contributed by atoms with Gasteiger partial charge in [0.1, 0.15) is 11.2 Å². The minimum atomic E-state index is 0.615. The Morgan fingerprint density at radius 3 is 1.89 bits per heavy atom. The van der Waals surface area contributed by atoms with E-state index in [-0.39, 0.29) is 0 Å². The zero-order valence-corrected chi connectivity index (χ0v) is 25.1. The summed E-state index contributed by atoms with van der Waals surface area (Å²) in [5, 5.41) is 2.01. The maximum absolute atomic E-state index is 6.73. The van der Waals surface area contributed by atoms with Crippen molar-refractivity contribution in [2.45, 2.75) is 0 Å². The molecule has 6 nitrogen and oxygen atoms in total. The van der Waals surface area contributed by atoms with Crippen LogP contribution in [0.2, 0.25) is 0 Å². The van der Waals surface area contributed by atoms with E-state index in [9.17, 15) is 0 Å². The first-order valence-electron chi connectivity index (χ1n) is 15.6. The van der Waals surface area contributed by atoms with Crippen LogP contribution in [0.15, 0.2) is 156 Å². The van der Waals surface area contributed by atoms with Gasteiger partial charge in [0.25, 0.3) is 0 Å². The predicted molar refractivity (Wildman–Crippen MR) is 189 cm³/mol. The summed E-state index contributed by atoms with van der Waals surface area (Å²) in [6, 6.07) is 51.8. The second-order valence-electron chi connectivity index (χ2n) is 11.7. The molecule has 10 aromatic rings. The van der Waals surface area contributed by atoms with Crippen LogP contribution in [0.4, 0.5) is 0 Å². The van der Waals surface area contributed by atoms with Crippen LogP contribution in [0.3, 0.4) is 0 Å². The van der Waals surface area contributed by atoms with Crippen molar-refractivity contribution < 1.29 is 4.42 Å². The molecule has 0 unspecified atom stereocenters. The van der Waals surface area contributed by atoms with Gasteiger partial charge in [0.05, 0.1) is 50.1 Å². The Hall–Kier alpha value is -6.53. The molecule has 0 spiro atoms. The molecule has 0 saturated heterocycles. The first-order chi connectivity index (χ1) is 23.3. The normalized spacial score (nSPS) is 11.8. The standard InChI is InChI=1S/C41H25N5O/c1-3-13-26(14-4-1)31-25-32(27-15-5-2-6-16-27)43-40(42-31)29-18-11-17-28-38-36(23-12-24-37(38)47-39(28)29)46-35-22-10-9-21-34(35)45-33-20-8-7-19-30(33)44-41(45)46/h1-25H. The van der Waals surface area contributed by atoms with Crippen molar-refractivity contribution in [3.63, 3.8) is 0 Å². The molecule has 0 amide bonds. The molecule has 47 heavy (non-hydrogen) atoms. The first kappa shape index (κ1) is 25.8. The number of aromatic nitrogens is 5. The topological polar surface area (TPSA) is 61.2 Å². The second kappa shape index (κ2) is 9.99. The molecule has 6 aromatic carbocycles. The number of hydrogen-bond donors (Lipinski definition) is 0. The number of hydrogen-bond acceptors (Lipinski definition) is 4. The van der Waals surface area contributed by atoms with E-state index >= 15 is 0 Å². The van der Waals surface area contributed by atoms with Crippen LogP contribution >= 0.6 is 0 Å². The van der Waals surface area contributed by atoms with E-state index in [1.165, 1.54) is 0 Å². The lowest BCUT2D eigenvalue weighted by Crippen LogP contribution is -1.96. The molecule has 0 bridgehead atoms. The number of nitrogens with zero attached hydrogens (tertiary/aromatic N) is 5. The summed E-state index contributed by atoms with van der Waals surface area (Å²) < 4.78 is 11.2. The van der Waals surface area contributed by atoms with E-state index in [4.69, 9.17) is 19.4 Å². The van der Waals surface area contributed by atoms with Gasteiger partial charge in [-0.05, 0) is 48.5 Å². The predicted octanol–water partition coefficient (Wildman–Crippen LogP) is 10.1. The monoisotopic (exact) mass is 603 g/mol. The van der Waals surface area contributed by atoms with Gasteiger partial charge in [-0.2, -0.15) is 0 Å². The fraction of sp³-hybridized carbons (Fsp3) is 0. The van der Waals surface area contributed by atoms with Crippen molar-refractivity contribution in [3.8, 4) is 39.6 Å². The largest absolute Gasteiger partial charge is 0.455 e. The lowest BCUT2D eigenvalue weighted by atomic mass is 10.0. The average molecular weight is 604 g/mol. The summed E-state index contributed by atoms with van der Waals surface area (Å²) in [5.41, 5.74) is 11.4. The van der Waals surface area contributed by atoms with E-state index < -0.39 is 0 Å². The summed E-state index contributed by atoms with van der Waals surface area (Å²) in [5.74, 6) is 1.47. The van der Waals surface area contributed by atoms with Crippen molar-refractivity contribution in [2.24, 2.45) is 0 Å². The Kier molecular flexibility index (Phi) is 5.48. The van der Waals surface area contributed by atoms with Crippen molar-refractivity contribution in [1.29, 1.82) is 0 Å². The number of furan rings is 1. The maximum Gasteiger partial charge on any atom is 0.220 e. The van der Waals surface area contributed by atoms with Crippen LogP contribution in [-0.2, 0) is 0 Å². The lowest BCUT2D eigenvalue weighted by molar-refractivity contribution is 0.669. The molecule has 10 rings (SSSR count). The van der Waals surface area contributed by atoms with Gasteiger partial charge in [0.2, 0.25) is 5.78 Å². The molecule has 0 aliphatic rings. The second-order valence-corrected chi connectivity index (χ2v) is 11.7. The maximum atomic E-state index is 6.73. The van der Waals surface area contributed by atoms with Crippen LogP contribution in [0.25, 0.3) is 89.4 Å². The fourth-order valence-corrected chi connectivity index (χ4v) is 6.86. The van der Waals surface area contributed by atoms with E-state index in [2.05, 4.69) is 100.0 Å². The smallest absolute Gasteiger partial charge is 0.220 e. The van der Waals surface area contributed by atoms with Gasteiger partial charge in [0, 0.05) is 16.5 Å². The van der Waals surface area contributed by atoms with Crippen molar-refractivity contribution >= 4 is 49.8 Å². The quantitative estimate of drug-likeness (QED) is 0.201. The lowest BCUT2D eigenvalue weighted by Gasteiger charge is -2.10. The zero-order chi connectivity index (χ0) is 30.9. The highest BCUT2D eigenvalue weighted by Crippen LogP contribution is 2.40. The highest BCUT2D eigenvalue weighted by molar-refractivity contribution is 6.13. The van der Waals surface area contributed by atoms with Crippen LogP contribution in [0.5, 0.6) is 0 Å². The van der Waals surface area contributed by atoms with Crippen LogP contribution in [0.1, 0.15) is 0 Å². The Morgan fingerprint density at radius 2 is 1.15 bits per heavy atom. The number of imidazole rings is 2. The molecule has 6 heteroatoms. The summed E-state index contributed by atoms with van der Waals surface area (Å²) in [6.07, 6.45) is 0. The van der Waals surface area contributed by atoms with E-state index in [0.29, 0.717) is 5.82 Å². The summed E-state index contributed by atoms with van der Waals surface area (Å²) in [4.78, 5) is 15.3. The summed E-state index contributed by atoms with van der Waals surface area (Å²) >= 11 is 0. The molecule has 4 heterocycles. The molecule has 0 N–H and O–H groups in total. The molecular weight excluding hydrogens is 578 g/mol. The molecule has 0 saturated carbocycles. The summed E-state index contributed by atoms with van der Waals surface area (Å²) in [7, 11) is 0. The van der Waals surface area contributed by atoms with Crippen molar-refractivity contribution in [1.82, 2.24) is 23.9 Å². The third-order valence-electron chi connectivity index (χ3n) is 8.95.